The fourth-order valence-corrected chi connectivity index (χ4v) is 2.86. The number of amides is 1. The van der Waals surface area contributed by atoms with Crippen molar-refractivity contribution in [2.45, 2.75) is 25.2 Å². The average Bonchev–Trinajstić information content (AvgIpc) is 2.70. The first-order valence-corrected chi connectivity index (χ1v) is 8.65. The highest BCUT2D eigenvalue weighted by Gasteiger charge is 2.29. The van der Waals surface area contributed by atoms with Crippen LogP contribution < -0.4 is 10.1 Å². The Labute approximate surface area is 156 Å². The number of aliphatic hydroxyl groups is 1. The van der Waals surface area contributed by atoms with Crippen molar-refractivity contribution in [2.75, 3.05) is 13.2 Å². The van der Waals surface area contributed by atoms with Crippen LogP contribution in [-0.4, -0.2) is 47.4 Å². The van der Waals surface area contributed by atoms with Crippen LogP contribution in [0.2, 0.25) is 0 Å². The molecule has 1 aliphatic heterocycles. The van der Waals surface area contributed by atoms with Gasteiger partial charge in [-0.3, -0.25) is 4.79 Å². The van der Waals surface area contributed by atoms with Gasteiger partial charge in [-0.05, 0) is 48.4 Å². The number of nitrogens with one attached hydrogen (secondary N) is 1. The Hall–Kier alpha value is -2.90. The maximum atomic E-state index is 12.5. The number of aliphatic hydroxyl groups excluding tert-OH is 1. The van der Waals surface area contributed by atoms with Crippen molar-refractivity contribution in [3.05, 3.63) is 65.2 Å². The summed E-state index contributed by atoms with van der Waals surface area (Å²) in [5.74, 6) is -0.705. The van der Waals surface area contributed by atoms with Crippen LogP contribution >= 0.6 is 0 Å². The van der Waals surface area contributed by atoms with Crippen LogP contribution in [-0.2, 0) is 11.3 Å². The number of carbonyl (C=O) groups excluding carboxylic acids is 1. The second kappa shape index (κ2) is 8.66. The van der Waals surface area contributed by atoms with Gasteiger partial charge in [-0.25, -0.2) is 4.79 Å². The Kier molecular flexibility index (Phi) is 6.05. The van der Waals surface area contributed by atoms with Crippen molar-refractivity contribution in [3.8, 4) is 5.75 Å². The van der Waals surface area contributed by atoms with Gasteiger partial charge < -0.3 is 25.0 Å². The van der Waals surface area contributed by atoms with Gasteiger partial charge in [-0.15, -0.1) is 0 Å². The van der Waals surface area contributed by atoms with Crippen LogP contribution in [0.15, 0.2) is 48.5 Å². The zero-order valence-electron chi connectivity index (χ0n) is 14.6. The summed E-state index contributed by atoms with van der Waals surface area (Å²) in [6, 6.07) is 12.6. The van der Waals surface area contributed by atoms with E-state index in [1.165, 1.54) is 12.1 Å². The number of aromatic carboxylic acids is 1. The monoisotopic (exact) mass is 371 g/mol. The lowest BCUT2D eigenvalue weighted by Crippen LogP contribution is -2.51. The lowest BCUT2D eigenvalue weighted by Gasteiger charge is -2.32. The van der Waals surface area contributed by atoms with Gasteiger partial charge in [0.15, 0.2) is 0 Å². The molecule has 7 nitrogen and oxygen atoms in total. The zero-order valence-corrected chi connectivity index (χ0v) is 14.6. The summed E-state index contributed by atoms with van der Waals surface area (Å²) >= 11 is 0. The van der Waals surface area contributed by atoms with Gasteiger partial charge in [0.2, 0.25) is 0 Å². The molecule has 0 aliphatic carbocycles. The lowest BCUT2D eigenvalue weighted by atomic mass is 10.0. The number of rotatable bonds is 6. The molecule has 1 fully saturated rings. The highest BCUT2D eigenvalue weighted by Crippen LogP contribution is 2.19. The molecule has 27 heavy (non-hydrogen) atoms. The molecule has 1 saturated heterocycles. The fourth-order valence-electron chi connectivity index (χ4n) is 2.86. The van der Waals surface area contributed by atoms with E-state index in [0.29, 0.717) is 30.9 Å². The van der Waals surface area contributed by atoms with Crippen LogP contribution in [0.25, 0.3) is 0 Å². The zero-order chi connectivity index (χ0) is 19.2. The molecule has 2 atom stereocenters. The maximum absolute atomic E-state index is 12.5. The van der Waals surface area contributed by atoms with E-state index in [1.54, 1.807) is 36.4 Å². The highest BCUT2D eigenvalue weighted by molar-refractivity contribution is 5.94. The van der Waals surface area contributed by atoms with Crippen molar-refractivity contribution in [1.82, 2.24) is 5.32 Å². The summed E-state index contributed by atoms with van der Waals surface area (Å²) in [5, 5.41) is 21.0. The first kappa shape index (κ1) is 18.9. The van der Waals surface area contributed by atoms with Crippen LogP contribution in [0.3, 0.4) is 0 Å². The fraction of sp³-hybridized carbons (Fsp3) is 0.300. The van der Waals surface area contributed by atoms with Gasteiger partial charge in [0.05, 0.1) is 24.8 Å². The van der Waals surface area contributed by atoms with Crippen molar-refractivity contribution < 1.29 is 29.3 Å². The summed E-state index contributed by atoms with van der Waals surface area (Å²) in [4.78, 5) is 23.4. The number of benzene rings is 2. The minimum absolute atomic E-state index is 0.0710. The number of carboxylic acids is 1. The first-order chi connectivity index (χ1) is 13.1. The topological polar surface area (TPSA) is 105 Å². The van der Waals surface area contributed by atoms with Gasteiger partial charge >= 0.3 is 5.97 Å². The van der Waals surface area contributed by atoms with Crippen LogP contribution in [0, 0.1) is 0 Å². The molecule has 1 heterocycles. The van der Waals surface area contributed by atoms with E-state index >= 15 is 0 Å². The Morgan fingerprint density at radius 1 is 1.07 bits per heavy atom. The molecule has 1 amide bonds. The van der Waals surface area contributed by atoms with Gasteiger partial charge in [0.25, 0.3) is 5.91 Å². The summed E-state index contributed by atoms with van der Waals surface area (Å²) in [6.07, 6.45) is 0.230. The summed E-state index contributed by atoms with van der Waals surface area (Å²) in [7, 11) is 0. The van der Waals surface area contributed by atoms with Crippen molar-refractivity contribution in [1.29, 1.82) is 0 Å². The third-order valence-electron chi connectivity index (χ3n) is 4.41. The van der Waals surface area contributed by atoms with E-state index in [2.05, 4.69) is 5.32 Å². The first-order valence-electron chi connectivity index (χ1n) is 8.65. The molecule has 142 valence electrons. The second-order valence-electron chi connectivity index (χ2n) is 6.28. The molecular weight excluding hydrogens is 350 g/mol. The Morgan fingerprint density at radius 2 is 1.74 bits per heavy atom. The molecule has 0 bridgehead atoms. The largest absolute Gasteiger partial charge is 0.486 e. The van der Waals surface area contributed by atoms with Gasteiger partial charge in [0.1, 0.15) is 11.9 Å². The quantitative estimate of drug-likeness (QED) is 0.716. The molecule has 2 aromatic rings. The second-order valence-corrected chi connectivity index (χ2v) is 6.28. The molecule has 3 rings (SSSR count). The number of ether oxygens (including phenoxy) is 2. The molecular formula is C20H21NO6. The van der Waals surface area contributed by atoms with E-state index in [-0.39, 0.29) is 30.2 Å². The lowest BCUT2D eigenvalue weighted by molar-refractivity contribution is -0.0135. The van der Waals surface area contributed by atoms with E-state index < -0.39 is 5.97 Å². The molecule has 1 aliphatic rings. The van der Waals surface area contributed by atoms with Gasteiger partial charge in [0, 0.05) is 12.2 Å². The normalized spacial score (nSPS) is 19.3. The van der Waals surface area contributed by atoms with Crippen molar-refractivity contribution in [2.24, 2.45) is 0 Å². The van der Waals surface area contributed by atoms with E-state index in [1.807, 2.05) is 0 Å². The van der Waals surface area contributed by atoms with Gasteiger partial charge in [-0.1, -0.05) is 12.1 Å². The number of carboxylic acid groups (broad SMARTS) is 1. The van der Waals surface area contributed by atoms with E-state index in [9.17, 15) is 9.59 Å². The molecule has 0 spiro atoms. The van der Waals surface area contributed by atoms with Crippen molar-refractivity contribution in [3.63, 3.8) is 0 Å². The number of hydrogen-bond acceptors (Lipinski definition) is 5. The highest BCUT2D eigenvalue weighted by atomic mass is 16.5. The molecule has 3 N–H and O–H groups in total. The standard InChI is InChI=1S/C20H21NO6/c22-11-13-1-3-14(4-2-13)19(23)21-17-9-10-26-12-18(17)27-16-7-5-15(6-8-16)20(24)25/h1-8,17-18,22H,9-12H2,(H,21,23)(H,24,25). The SMILES string of the molecule is O=C(O)c1ccc(OC2COCCC2NC(=O)c2ccc(CO)cc2)cc1. The van der Waals surface area contributed by atoms with Crippen LogP contribution in [0.4, 0.5) is 0 Å². The van der Waals surface area contributed by atoms with Crippen LogP contribution in [0.5, 0.6) is 5.75 Å². The van der Waals surface area contributed by atoms with Crippen LogP contribution in [0.1, 0.15) is 32.7 Å². The van der Waals surface area contributed by atoms with E-state index in [0.717, 1.165) is 5.56 Å². The third-order valence-corrected chi connectivity index (χ3v) is 4.41. The Balaban J connectivity index is 1.65. The smallest absolute Gasteiger partial charge is 0.335 e. The minimum atomic E-state index is -1.00. The Morgan fingerprint density at radius 3 is 2.37 bits per heavy atom. The maximum Gasteiger partial charge on any atom is 0.335 e. The van der Waals surface area contributed by atoms with Crippen molar-refractivity contribution >= 4 is 11.9 Å². The molecule has 0 aromatic heterocycles. The molecule has 7 heteroatoms. The molecule has 0 radical (unpaired) electrons. The summed E-state index contributed by atoms with van der Waals surface area (Å²) in [5.41, 5.74) is 1.42. The summed E-state index contributed by atoms with van der Waals surface area (Å²) < 4.78 is 11.4. The molecule has 2 unspecified atom stereocenters. The third kappa shape index (κ3) is 4.84. The van der Waals surface area contributed by atoms with E-state index in [4.69, 9.17) is 19.7 Å². The molecule has 2 aromatic carbocycles. The predicted octanol–water partition coefficient (Wildman–Crippen LogP) is 1.84. The predicted molar refractivity (Wildman–Crippen MR) is 96.9 cm³/mol. The number of carbonyl (C=O) groups is 2. The molecule has 0 saturated carbocycles. The summed E-state index contributed by atoms with van der Waals surface area (Å²) in [6.45, 7) is 0.778. The number of hydrogen-bond donors (Lipinski definition) is 3. The van der Waals surface area contributed by atoms with Gasteiger partial charge in [-0.2, -0.15) is 0 Å². The average molecular weight is 371 g/mol. The minimum Gasteiger partial charge on any atom is -0.486 e. The Bertz CT molecular complexity index is 787.